The van der Waals surface area contributed by atoms with Gasteiger partial charge in [-0.05, 0) is 52.0 Å². The second-order valence-corrected chi connectivity index (χ2v) is 6.83. The molecular weight excluding hydrogens is 266 g/mol. The number of hydrogen-bond acceptors (Lipinski definition) is 3. The first-order valence-electron chi connectivity index (χ1n) is 8.48. The van der Waals surface area contributed by atoms with Crippen LogP contribution in [0.3, 0.4) is 0 Å². The fourth-order valence-corrected chi connectivity index (χ4v) is 3.48. The van der Waals surface area contributed by atoms with Crippen molar-refractivity contribution < 1.29 is 9.59 Å². The first kappa shape index (κ1) is 14.8. The number of piperidine rings is 1. The van der Waals surface area contributed by atoms with Gasteiger partial charge in [0.25, 0.3) is 0 Å². The van der Waals surface area contributed by atoms with Crippen LogP contribution in [0.1, 0.15) is 45.4 Å². The van der Waals surface area contributed by atoms with Crippen LogP contribution in [-0.4, -0.2) is 59.9 Å². The Hall–Kier alpha value is -1.10. The zero-order chi connectivity index (χ0) is 14.8. The molecule has 0 bridgehead atoms. The van der Waals surface area contributed by atoms with Gasteiger partial charge in [0.15, 0.2) is 0 Å². The highest BCUT2D eigenvalue weighted by Gasteiger charge is 2.34. The molecule has 5 heteroatoms. The molecule has 0 aromatic rings. The number of carbonyl (C=O) groups is 2. The van der Waals surface area contributed by atoms with Gasteiger partial charge in [0, 0.05) is 25.7 Å². The Bertz CT molecular complexity index is 402. The van der Waals surface area contributed by atoms with Gasteiger partial charge in [-0.15, -0.1) is 0 Å². The molecule has 2 amide bonds. The van der Waals surface area contributed by atoms with Gasteiger partial charge < -0.3 is 10.2 Å². The van der Waals surface area contributed by atoms with E-state index in [9.17, 15) is 9.59 Å². The van der Waals surface area contributed by atoms with Crippen LogP contribution in [0.5, 0.6) is 0 Å². The van der Waals surface area contributed by atoms with Crippen molar-refractivity contribution in [2.45, 2.75) is 57.5 Å². The smallest absolute Gasteiger partial charge is 0.239 e. The standard InChI is InChI=1S/C16H27N3O2/c1-12(16(21)18-8-2-3-9-18)19-10-4-5-13(11-19)15(20)17-14-6-7-14/h12-14H,2-11H2,1H3,(H,17,20)/t12-,13+/m1/s1. The lowest BCUT2D eigenvalue weighted by Crippen LogP contribution is -2.52. The largest absolute Gasteiger partial charge is 0.353 e. The lowest BCUT2D eigenvalue weighted by atomic mass is 9.95. The summed E-state index contributed by atoms with van der Waals surface area (Å²) >= 11 is 0. The van der Waals surface area contributed by atoms with Gasteiger partial charge in [-0.1, -0.05) is 0 Å². The molecule has 3 fully saturated rings. The van der Waals surface area contributed by atoms with Crippen molar-refractivity contribution in [3.8, 4) is 0 Å². The topological polar surface area (TPSA) is 52.7 Å². The molecule has 1 saturated carbocycles. The van der Waals surface area contributed by atoms with Gasteiger partial charge >= 0.3 is 0 Å². The van der Waals surface area contributed by atoms with Crippen LogP contribution in [0, 0.1) is 5.92 Å². The third-order valence-electron chi connectivity index (χ3n) is 5.07. The number of carbonyl (C=O) groups excluding carboxylic acids is 2. The Kier molecular flexibility index (Phi) is 4.48. The maximum Gasteiger partial charge on any atom is 0.239 e. The van der Waals surface area contributed by atoms with E-state index in [1.165, 1.54) is 0 Å². The lowest BCUT2D eigenvalue weighted by Gasteiger charge is -2.36. The fourth-order valence-electron chi connectivity index (χ4n) is 3.48. The first-order valence-corrected chi connectivity index (χ1v) is 8.48. The minimum absolute atomic E-state index is 0.0631. The van der Waals surface area contributed by atoms with Crippen LogP contribution in [0.25, 0.3) is 0 Å². The minimum Gasteiger partial charge on any atom is -0.353 e. The minimum atomic E-state index is -0.0837. The van der Waals surface area contributed by atoms with E-state index < -0.39 is 0 Å². The van der Waals surface area contributed by atoms with Crippen LogP contribution in [0.2, 0.25) is 0 Å². The van der Waals surface area contributed by atoms with E-state index in [-0.39, 0.29) is 23.8 Å². The van der Waals surface area contributed by atoms with Crippen molar-refractivity contribution in [3.05, 3.63) is 0 Å². The average Bonchev–Trinajstić information content (AvgIpc) is 3.15. The SMILES string of the molecule is C[C@H](C(=O)N1CCCC1)N1CCC[C@H](C(=O)NC2CC2)C1. The second-order valence-electron chi connectivity index (χ2n) is 6.83. The average molecular weight is 293 g/mol. The van der Waals surface area contributed by atoms with E-state index in [0.29, 0.717) is 6.04 Å². The predicted octanol–water partition coefficient (Wildman–Crippen LogP) is 0.988. The molecule has 0 radical (unpaired) electrons. The molecule has 0 aromatic carbocycles. The van der Waals surface area contributed by atoms with Gasteiger partial charge in [0.05, 0.1) is 12.0 Å². The molecule has 2 atom stereocenters. The summed E-state index contributed by atoms with van der Waals surface area (Å²) in [5.41, 5.74) is 0. The fraction of sp³-hybridized carbons (Fsp3) is 0.875. The van der Waals surface area contributed by atoms with Gasteiger partial charge in [0.1, 0.15) is 0 Å². The van der Waals surface area contributed by atoms with Crippen LogP contribution >= 0.6 is 0 Å². The molecule has 3 rings (SSSR count). The van der Waals surface area contributed by atoms with E-state index in [4.69, 9.17) is 0 Å². The zero-order valence-electron chi connectivity index (χ0n) is 13.0. The summed E-state index contributed by atoms with van der Waals surface area (Å²) in [6.45, 7) is 5.49. The maximum absolute atomic E-state index is 12.5. The summed E-state index contributed by atoms with van der Waals surface area (Å²) in [7, 11) is 0. The second kappa shape index (κ2) is 6.34. The summed E-state index contributed by atoms with van der Waals surface area (Å²) < 4.78 is 0. The highest BCUT2D eigenvalue weighted by Crippen LogP contribution is 2.23. The first-order chi connectivity index (χ1) is 10.1. The van der Waals surface area contributed by atoms with Crippen LogP contribution in [-0.2, 0) is 9.59 Å². The highest BCUT2D eigenvalue weighted by atomic mass is 16.2. The molecule has 2 saturated heterocycles. The number of rotatable bonds is 4. The molecule has 0 unspecified atom stereocenters. The highest BCUT2D eigenvalue weighted by molar-refractivity contribution is 5.82. The quantitative estimate of drug-likeness (QED) is 0.841. The van der Waals surface area contributed by atoms with Crippen LogP contribution < -0.4 is 5.32 Å². The molecule has 1 N–H and O–H groups in total. The van der Waals surface area contributed by atoms with Crippen molar-refractivity contribution in [3.63, 3.8) is 0 Å². The maximum atomic E-state index is 12.5. The Morgan fingerprint density at radius 1 is 1.05 bits per heavy atom. The summed E-state index contributed by atoms with van der Waals surface area (Å²) in [5.74, 6) is 0.506. The van der Waals surface area contributed by atoms with E-state index >= 15 is 0 Å². The van der Waals surface area contributed by atoms with Crippen molar-refractivity contribution >= 4 is 11.8 Å². The molecule has 5 nitrogen and oxygen atoms in total. The predicted molar refractivity (Wildman–Crippen MR) is 80.7 cm³/mol. The zero-order valence-corrected chi connectivity index (χ0v) is 13.0. The molecular formula is C16H27N3O2. The summed E-state index contributed by atoms with van der Waals surface area (Å²) in [4.78, 5) is 28.9. The molecule has 3 aliphatic rings. The van der Waals surface area contributed by atoms with Gasteiger partial charge in [0.2, 0.25) is 11.8 Å². The monoisotopic (exact) mass is 293 g/mol. The third-order valence-corrected chi connectivity index (χ3v) is 5.07. The van der Waals surface area contributed by atoms with E-state index in [1.54, 1.807) is 0 Å². The molecule has 2 aliphatic heterocycles. The Labute approximate surface area is 127 Å². The molecule has 118 valence electrons. The van der Waals surface area contributed by atoms with Gasteiger partial charge in [-0.2, -0.15) is 0 Å². The van der Waals surface area contributed by atoms with Crippen molar-refractivity contribution in [2.24, 2.45) is 5.92 Å². The van der Waals surface area contributed by atoms with Crippen LogP contribution in [0.15, 0.2) is 0 Å². The van der Waals surface area contributed by atoms with E-state index in [2.05, 4.69) is 10.2 Å². The Balaban J connectivity index is 1.54. The number of hydrogen-bond donors (Lipinski definition) is 1. The van der Waals surface area contributed by atoms with Crippen molar-refractivity contribution in [2.75, 3.05) is 26.2 Å². The summed E-state index contributed by atoms with van der Waals surface area (Å²) in [6, 6.07) is 0.344. The Morgan fingerprint density at radius 2 is 1.76 bits per heavy atom. The third kappa shape index (κ3) is 3.57. The van der Waals surface area contributed by atoms with Crippen molar-refractivity contribution in [1.82, 2.24) is 15.1 Å². The number of likely N-dealkylation sites (tertiary alicyclic amines) is 2. The van der Waals surface area contributed by atoms with E-state index in [0.717, 1.165) is 64.7 Å². The van der Waals surface area contributed by atoms with Crippen molar-refractivity contribution in [1.29, 1.82) is 0 Å². The molecule has 1 aliphatic carbocycles. The van der Waals surface area contributed by atoms with Gasteiger partial charge in [-0.3, -0.25) is 14.5 Å². The normalized spacial score (nSPS) is 28.4. The molecule has 0 aromatic heterocycles. The lowest BCUT2D eigenvalue weighted by molar-refractivity contribution is -0.137. The van der Waals surface area contributed by atoms with E-state index in [1.807, 2.05) is 11.8 Å². The molecule has 0 spiro atoms. The molecule has 21 heavy (non-hydrogen) atoms. The Morgan fingerprint density at radius 3 is 2.43 bits per heavy atom. The van der Waals surface area contributed by atoms with Crippen LogP contribution in [0.4, 0.5) is 0 Å². The number of nitrogens with one attached hydrogen (secondary N) is 1. The number of nitrogens with zero attached hydrogens (tertiary/aromatic N) is 2. The number of amides is 2. The molecule has 2 heterocycles. The summed E-state index contributed by atoms with van der Waals surface area (Å²) in [6.07, 6.45) is 6.49. The summed E-state index contributed by atoms with van der Waals surface area (Å²) in [5, 5.41) is 3.11. The van der Waals surface area contributed by atoms with Gasteiger partial charge in [-0.25, -0.2) is 0 Å².